The first kappa shape index (κ1) is 18.8. The third kappa shape index (κ3) is 3.73. The summed E-state index contributed by atoms with van der Waals surface area (Å²) in [4.78, 5) is 27.1. The van der Waals surface area contributed by atoms with Crippen molar-refractivity contribution in [1.29, 1.82) is 0 Å². The second-order valence-electron chi connectivity index (χ2n) is 8.59. The predicted molar refractivity (Wildman–Crippen MR) is 104 cm³/mol. The van der Waals surface area contributed by atoms with Crippen LogP contribution in [0.5, 0.6) is 11.5 Å². The highest BCUT2D eigenvalue weighted by Gasteiger charge is 2.30. The second kappa shape index (κ2) is 7.15. The second-order valence-corrected chi connectivity index (χ2v) is 8.59. The minimum absolute atomic E-state index is 0.197. The molecule has 0 fully saturated rings. The molecule has 6 heteroatoms. The van der Waals surface area contributed by atoms with Crippen LogP contribution in [0, 0.1) is 0 Å². The molecule has 0 saturated heterocycles. The minimum Gasteiger partial charge on any atom is -0.454 e. The van der Waals surface area contributed by atoms with Gasteiger partial charge in [0.2, 0.25) is 6.79 Å². The summed E-state index contributed by atoms with van der Waals surface area (Å²) in [6.45, 7) is 7.00. The molecule has 2 aliphatic heterocycles. The van der Waals surface area contributed by atoms with Gasteiger partial charge in [-0.3, -0.25) is 4.79 Å². The summed E-state index contributed by atoms with van der Waals surface area (Å²) < 4.78 is 16.7. The van der Waals surface area contributed by atoms with Gasteiger partial charge < -0.3 is 19.1 Å². The van der Waals surface area contributed by atoms with Crippen LogP contribution in [-0.4, -0.2) is 42.3 Å². The number of benzene rings is 1. The number of carbonyl (C=O) groups excluding carboxylic acids is 2. The Bertz CT molecular complexity index is 849. The van der Waals surface area contributed by atoms with Crippen LogP contribution in [-0.2, 0) is 16.0 Å². The molecule has 0 N–H and O–H groups in total. The molecule has 0 unspecified atom stereocenters. The first-order valence-corrected chi connectivity index (χ1v) is 9.98. The Balaban J connectivity index is 1.69. The van der Waals surface area contributed by atoms with Gasteiger partial charge in [0.1, 0.15) is 5.60 Å². The number of fused-ring (bicyclic) bond motifs is 3. The number of hydrogen-bond acceptors (Lipinski definition) is 5. The first-order chi connectivity index (χ1) is 13.3. The van der Waals surface area contributed by atoms with Crippen molar-refractivity contribution in [2.24, 2.45) is 0 Å². The molecular formula is C22H27NO5. The van der Waals surface area contributed by atoms with E-state index < -0.39 is 5.60 Å². The van der Waals surface area contributed by atoms with E-state index in [1.807, 2.05) is 32.9 Å². The fraction of sp³-hybridized carbons (Fsp3) is 0.545. The van der Waals surface area contributed by atoms with Crippen molar-refractivity contribution >= 4 is 17.4 Å². The lowest BCUT2D eigenvalue weighted by atomic mass is 9.91. The van der Waals surface area contributed by atoms with E-state index in [4.69, 9.17) is 14.2 Å². The molecular weight excluding hydrogens is 358 g/mol. The van der Waals surface area contributed by atoms with Crippen molar-refractivity contribution in [3.8, 4) is 11.5 Å². The lowest BCUT2D eigenvalue weighted by molar-refractivity contribution is -0.113. The van der Waals surface area contributed by atoms with Crippen molar-refractivity contribution in [1.82, 2.24) is 4.90 Å². The maximum Gasteiger partial charge on any atom is 0.410 e. The number of ether oxygens (including phenoxy) is 3. The van der Waals surface area contributed by atoms with E-state index in [9.17, 15) is 9.59 Å². The van der Waals surface area contributed by atoms with Gasteiger partial charge in [-0.25, -0.2) is 4.79 Å². The van der Waals surface area contributed by atoms with Crippen molar-refractivity contribution in [2.75, 3.05) is 19.9 Å². The molecule has 28 heavy (non-hydrogen) atoms. The van der Waals surface area contributed by atoms with E-state index in [0.717, 1.165) is 36.0 Å². The van der Waals surface area contributed by atoms with Crippen LogP contribution >= 0.6 is 0 Å². The Morgan fingerprint density at radius 1 is 1.04 bits per heavy atom. The average Bonchev–Trinajstić information content (AvgIpc) is 3.21. The molecule has 0 atom stereocenters. The molecule has 1 aromatic carbocycles. The molecule has 4 rings (SSSR count). The maximum absolute atomic E-state index is 12.6. The number of nitrogens with zero attached hydrogens (tertiary/aromatic N) is 1. The lowest BCUT2D eigenvalue weighted by Crippen LogP contribution is -2.38. The standard InChI is InChI=1S/C22H27NO5/c1-22(2,3)28-21(25)23-9-4-5-14-6-7-17(24)20(14)16-12-19-18(26-13-27-19)11-15(16)8-10-23/h11-12H,4-10,13H2,1-3H3. The van der Waals surface area contributed by atoms with Crippen molar-refractivity contribution in [2.45, 2.75) is 58.5 Å². The van der Waals surface area contributed by atoms with E-state index in [0.29, 0.717) is 37.4 Å². The topological polar surface area (TPSA) is 65.1 Å². The predicted octanol–water partition coefficient (Wildman–Crippen LogP) is 4.11. The van der Waals surface area contributed by atoms with Gasteiger partial charge >= 0.3 is 6.09 Å². The zero-order valence-corrected chi connectivity index (χ0v) is 16.8. The van der Waals surface area contributed by atoms with E-state index in [2.05, 4.69) is 0 Å². The number of ketones is 1. The lowest BCUT2D eigenvalue weighted by Gasteiger charge is -2.28. The Morgan fingerprint density at radius 3 is 2.54 bits per heavy atom. The van der Waals surface area contributed by atoms with Crippen LogP contribution in [0.1, 0.15) is 57.6 Å². The first-order valence-electron chi connectivity index (χ1n) is 9.98. The molecule has 2 heterocycles. The van der Waals surface area contributed by atoms with E-state index in [-0.39, 0.29) is 18.7 Å². The Kier molecular flexibility index (Phi) is 4.81. The summed E-state index contributed by atoms with van der Waals surface area (Å²) >= 11 is 0. The molecule has 0 aromatic heterocycles. The SMILES string of the molecule is CC(C)(C)OC(=O)N1CCCC2=C(C(=O)CC2)c2cc3c(cc2CC1)OCO3. The number of hydrogen-bond donors (Lipinski definition) is 0. The maximum atomic E-state index is 12.6. The van der Waals surface area contributed by atoms with Crippen molar-refractivity contribution in [3.63, 3.8) is 0 Å². The van der Waals surface area contributed by atoms with Gasteiger partial charge in [0.15, 0.2) is 17.3 Å². The largest absolute Gasteiger partial charge is 0.454 e. The van der Waals surface area contributed by atoms with Crippen LogP contribution in [0.4, 0.5) is 4.79 Å². The van der Waals surface area contributed by atoms with Crippen LogP contribution in [0.25, 0.3) is 5.57 Å². The van der Waals surface area contributed by atoms with Crippen LogP contribution in [0.15, 0.2) is 17.7 Å². The molecule has 0 spiro atoms. The molecule has 1 aliphatic carbocycles. The number of Topliss-reactive ketones (excluding diaryl/α,β-unsaturated/α-hetero) is 1. The number of allylic oxidation sites excluding steroid dienone is 2. The normalized spacial score (nSPS) is 19.4. The van der Waals surface area contributed by atoms with E-state index >= 15 is 0 Å². The van der Waals surface area contributed by atoms with Gasteiger partial charge in [0.05, 0.1) is 0 Å². The summed E-state index contributed by atoms with van der Waals surface area (Å²) in [6.07, 6.45) is 3.35. The van der Waals surface area contributed by atoms with Gasteiger partial charge in [0, 0.05) is 25.1 Å². The molecule has 3 aliphatic rings. The summed E-state index contributed by atoms with van der Waals surface area (Å²) in [5, 5.41) is 0. The minimum atomic E-state index is -0.524. The van der Waals surface area contributed by atoms with Gasteiger partial charge in [0.25, 0.3) is 0 Å². The molecule has 0 bridgehead atoms. The summed E-state index contributed by atoms with van der Waals surface area (Å²) in [6, 6.07) is 3.90. The molecule has 0 saturated carbocycles. The summed E-state index contributed by atoms with van der Waals surface area (Å²) in [7, 11) is 0. The monoisotopic (exact) mass is 385 g/mol. The third-order valence-electron chi connectivity index (χ3n) is 5.36. The van der Waals surface area contributed by atoms with Gasteiger partial charge in [-0.05, 0) is 69.7 Å². The van der Waals surface area contributed by atoms with E-state index in [1.165, 1.54) is 5.57 Å². The average molecular weight is 385 g/mol. The van der Waals surface area contributed by atoms with Gasteiger partial charge in [-0.15, -0.1) is 0 Å². The highest BCUT2D eigenvalue weighted by molar-refractivity contribution is 6.24. The van der Waals surface area contributed by atoms with E-state index in [1.54, 1.807) is 4.90 Å². The third-order valence-corrected chi connectivity index (χ3v) is 5.36. The van der Waals surface area contributed by atoms with Crippen LogP contribution < -0.4 is 9.47 Å². The Hall–Kier alpha value is -2.50. The molecule has 150 valence electrons. The zero-order valence-electron chi connectivity index (χ0n) is 16.8. The smallest absolute Gasteiger partial charge is 0.410 e. The van der Waals surface area contributed by atoms with Crippen molar-refractivity contribution in [3.05, 3.63) is 28.8 Å². The van der Waals surface area contributed by atoms with Gasteiger partial charge in [-0.1, -0.05) is 5.57 Å². The van der Waals surface area contributed by atoms with Gasteiger partial charge in [-0.2, -0.15) is 0 Å². The summed E-state index contributed by atoms with van der Waals surface area (Å²) in [5.41, 5.74) is 3.48. The summed E-state index contributed by atoms with van der Waals surface area (Å²) in [5.74, 6) is 1.60. The fourth-order valence-corrected chi connectivity index (χ4v) is 4.09. The fourth-order valence-electron chi connectivity index (χ4n) is 4.09. The zero-order chi connectivity index (χ0) is 19.9. The quantitative estimate of drug-likeness (QED) is 0.673. The Morgan fingerprint density at radius 2 is 1.79 bits per heavy atom. The highest BCUT2D eigenvalue weighted by atomic mass is 16.7. The molecule has 0 radical (unpaired) electrons. The van der Waals surface area contributed by atoms with Crippen LogP contribution in [0.2, 0.25) is 0 Å². The molecule has 1 aromatic rings. The van der Waals surface area contributed by atoms with Crippen LogP contribution in [0.3, 0.4) is 0 Å². The highest BCUT2D eigenvalue weighted by Crippen LogP contribution is 2.42. The number of amides is 1. The Labute approximate surface area is 165 Å². The number of rotatable bonds is 0. The molecule has 6 nitrogen and oxygen atoms in total. The number of carbonyl (C=O) groups is 2. The molecule has 1 amide bonds. The van der Waals surface area contributed by atoms with Crippen molar-refractivity contribution < 1.29 is 23.8 Å².